The van der Waals surface area contributed by atoms with Crippen LogP contribution < -0.4 is 10.6 Å². The Labute approximate surface area is 180 Å². The van der Waals surface area contributed by atoms with E-state index >= 15 is 0 Å². The highest BCUT2D eigenvalue weighted by Gasteiger charge is 2.30. The maximum absolute atomic E-state index is 12.7. The number of pyridine rings is 1. The number of carbonyl (C=O) groups is 1. The minimum Gasteiger partial charge on any atom is -0.335 e. The summed E-state index contributed by atoms with van der Waals surface area (Å²) in [5, 5.41) is 6.53. The molecule has 1 saturated carbocycles. The third-order valence-electron chi connectivity index (χ3n) is 6.92. The zero-order chi connectivity index (χ0) is 20.8. The second-order valence-electron chi connectivity index (χ2n) is 8.87. The van der Waals surface area contributed by atoms with Crippen molar-refractivity contribution in [1.82, 2.24) is 20.5 Å². The van der Waals surface area contributed by atoms with Crippen LogP contribution in [-0.2, 0) is 6.42 Å². The van der Waals surface area contributed by atoms with Gasteiger partial charge in [0.2, 0.25) is 0 Å². The Morgan fingerprint density at radius 3 is 2.50 bits per heavy atom. The van der Waals surface area contributed by atoms with Crippen molar-refractivity contribution < 1.29 is 4.79 Å². The average Bonchev–Trinajstić information content (AvgIpc) is 3.21. The molecule has 160 valence electrons. The van der Waals surface area contributed by atoms with Crippen LogP contribution in [-0.4, -0.2) is 41.1 Å². The summed E-state index contributed by atoms with van der Waals surface area (Å²) in [5.41, 5.74) is 2.67. The number of benzene rings is 1. The van der Waals surface area contributed by atoms with Gasteiger partial charge in [0.05, 0.1) is 0 Å². The van der Waals surface area contributed by atoms with Crippen molar-refractivity contribution in [3.05, 3.63) is 66.0 Å². The summed E-state index contributed by atoms with van der Waals surface area (Å²) in [6.45, 7) is 4.27. The van der Waals surface area contributed by atoms with Gasteiger partial charge in [-0.15, -0.1) is 0 Å². The van der Waals surface area contributed by atoms with Gasteiger partial charge in [-0.3, -0.25) is 9.88 Å². The quantitative estimate of drug-likeness (QED) is 0.751. The van der Waals surface area contributed by atoms with Crippen LogP contribution in [0, 0.1) is 5.92 Å². The van der Waals surface area contributed by atoms with E-state index in [1.165, 1.54) is 24.0 Å². The van der Waals surface area contributed by atoms with E-state index in [1.807, 2.05) is 12.4 Å². The molecule has 5 nitrogen and oxygen atoms in total. The van der Waals surface area contributed by atoms with Gasteiger partial charge in [-0.2, -0.15) is 0 Å². The Hall–Kier alpha value is -2.40. The summed E-state index contributed by atoms with van der Waals surface area (Å²) < 4.78 is 0. The van der Waals surface area contributed by atoms with E-state index in [1.54, 1.807) is 0 Å². The molecule has 0 spiro atoms. The SMILES string of the molecule is C[C@@H](c1ccncc1)N1CCC(NC(=O)N[C@H]2CCC[C@@H]2Cc2ccccc2)CC1. The molecule has 4 rings (SSSR count). The number of nitrogens with one attached hydrogen (secondary N) is 2. The van der Waals surface area contributed by atoms with Gasteiger partial charge >= 0.3 is 6.03 Å². The third kappa shape index (κ3) is 5.39. The summed E-state index contributed by atoms with van der Waals surface area (Å²) in [6.07, 6.45) is 10.3. The van der Waals surface area contributed by atoms with Crippen molar-refractivity contribution in [2.24, 2.45) is 5.92 Å². The van der Waals surface area contributed by atoms with E-state index in [4.69, 9.17) is 0 Å². The lowest BCUT2D eigenvalue weighted by molar-refractivity contribution is 0.152. The normalized spacial score (nSPS) is 23.8. The molecule has 0 bridgehead atoms. The lowest BCUT2D eigenvalue weighted by atomic mass is 9.94. The molecular weight excluding hydrogens is 372 g/mol. The van der Waals surface area contributed by atoms with Crippen LogP contribution in [0.2, 0.25) is 0 Å². The van der Waals surface area contributed by atoms with Gasteiger partial charge in [0.25, 0.3) is 0 Å². The van der Waals surface area contributed by atoms with Crippen molar-refractivity contribution in [2.75, 3.05) is 13.1 Å². The zero-order valence-corrected chi connectivity index (χ0v) is 18.0. The standard InChI is InChI=1S/C25H34N4O/c1-19(21-10-14-26-15-11-21)29-16-12-23(13-17-29)27-25(30)28-24-9-5-8-22(24)18-20-6-3-2-4-7-20/h2-4,6-7,10-11,14-15,19,22-24H,5,8-9,12-13,16-18H2,1H3,(H2,27,28,30)/t19-,22+,24-/m0/s1. The average molecular weight is 407 g/mol. The molecule has 30 heavy (non-hydrogen) atoms. The van der Waals surface area contributed by atoms with Crippen LogP contribution in [0.1, 0.15) is 56.2 Å². The van der Waals surface area contributed by atoms with Gasteiger partial charge in [-0.05, 0) is 68.2 Å². The topological polar surface area (TPSA) is 57.3 Å². The van der Waals surface area contributed by atoms with Crippen LogP contribution >= 0.6 is 0 Å². The van der Waals surface area contributed by atoms with Gasteiger partial charge in [-0.25, -0.2) is 4.79 Å². The highest BCUT2D eigenvalue weighted by molar-refractivity contribution is 5.74. The monoisotopic (exact) mass is 406 g/mol. The largest absolute Gasteiger partial charge is 0.335 e. The first-order valence-electron chi connectivity index (χ1n) is 11.4. The van der Waals surface area contributed by atoms with Gasteiger partial charge in [0.15, 0.2) is 0 Å². The molecule has 0 radical (unpaired) electrons. The first-order chi connectivity index (χ1) is 14.7. The van der Waals surface area contributed by atoms with Crippen LogP contribution in [0.25, 0.3) is 0 Å². The van der Waals surface area contributed by atoms with Gasteiger partial charge < -0.3 is 10.6 Å². The van der Waals surface area contributed by atoms with Crippen molar-refractivity contribution in [3.63, 3.8) is 0 Å². The highest BCUT2D eigenvalue weighted by Crippen LogP contribution is 2.29. The Balaban J connectivity index is 1.22. The fourth-order valence-electron chi connectivity index (χ4n) is 5.07. The number of aromatic nitrogens is 1. The maximum atomic E-state index is 12.7. The fourth-order valence-corrected chi connectivity index (χ4v) is 5.07. The molecule has 3 atom stereocenters. The highest BCUT2D eigenvalue weighted by atomic mass is 16.2. The van der Waals surface area contributed by atoms with Crippen molar-refractivity contribution in [2.45, 2.75) is 63.6 Å². The molecule has 2 fully saturated rings. The molecule has 2 aliphatic rings. The fraction of sp³-hybridized carbons (Fsp3) is 0.520. The molecule has 2 aromatic rings. The summed E-state index contributed by atoms with van der Waals surface area (Å²) in [6, 6.07) is 15.8. The number of piperidine rings is 1. The second kappa shape index (κ2) is 10.1. The molecule has 1 saturated heterocycles. The summed E-state index contributed by atoms with van der Waals surface area (Å²) in [5.74, 6) is 0.543. The summed E-state index contributed by atoms with van der Waals surface area (Å²) >= 11 is 0. The Bertz CT molecular complexity index is 789. The molecule has 2 amide bonds. The summed E-state index contributed by atoms with van der Waals surface area (Å²) in [7, 11) is 0. The molecule has 1 aliphatic carbocycles. The van der Waals surface area contributed by atoms with Gasteiger partial charge in [-0.1, -0.05) is 36.8 Å². The Kier molecular flexibility index (Phi) is 7.00. The molecule has 0 unspecified atom stereocenters. The van der Waals surface area contributed by atoms with Crippen LogP contribution in [0.15, 0.2) is 54.9 Å². The van der Waals surface area contributed by atoms with Gasteiger partial charge in [0, 0.05) is 43.6 Å². The molecular formula is C25H34N4O. The molecule has 2 heterocycles. The van der Waals surface area contributed by atoms with Crippen molar-refractivity contribution in [1.29, 1.82) is 0 Å². The number of amides is 2. The molecule has 5 heteroatoms. The number of nitrogens with zero attached hydrogens (tertiary/aromatic N) is 2. The number of hydrogen-bond donors (Lipinski definition) is 2. The van der Waals surface area contributed by atoms with E-state index in [0.29, 0.717) is 12.0 Å². The van der Waals surface area contributed by atoms with E-state index in [2.05, 4.69) is 69.9 Å². The summed E-state index contributed by atoms with van der Waals surface area (Å²) in [4.78, 5) is 19.3. The predicted octanol–water partition coefficient (Wildman–Crippen LogP) is 4.32. The van der Waals surface area contributed by atoms with Gasteiger partial charge in [0.1, 0.15) is 0 Å². The minimum absolute atomic E-state index is 0.0144. The molecule has 1 aromatic heterocycles. The first kappa shape index (κ1) is 20.9. The van der Waals surface area contributed by atoms with Crippen molar-refractivity contribution >= 4 is 6.03 Å². The van der Waals surface area contributed by atoms with Crippen LogP contribution in [0.5, 0.6) is 0 Å². The van der Waals surface area contributed by atoms with Crippen LogP contribution in [0.3, 0.4) is 0 Å². The number of likely N-dealkylation sites (tertiary alicyclic amines) is 1. The first-order valence-corrected chi connectivity index (χ1v) is 11.4. The predicted molar refractivity (Wildman–Crippen MR) is 120 cm³/mol. The maximum Gasteiger partial charge on any atom is 0.315 e. The molecule has 1 aliphatic heterocycles. The Morgan fingerprint density at radius 1 is 1.03 bits per heavy atom. The lowest BCUT2D eigenvalue weighted by Crippen LogP contribution is -2.51. The lowest BCUT2D eigenvalue weighted by Gasteiger charge is -2.36. The van der Waals surface area contributed by atoms with Crippen molar-refractivity contribution in [3.8, 4) is 0 Å². The van der Waals surface area contributed by atoms with E-state index in [0.717, 1.165) is 38.8 Å². The number of urea groups is 1. The second-order valence-corrected chi connectivity index (χ2v) is 8.87. The van der Waals surface area contributed by atoms with E-state index < -0.39 is 0 Å². The van der Waals surface area contributed by atoms with E-state index in [9.17, 15) is 4.79 Å². The third-order valence-corrected chi connectivity index (χ3v) is 6.92. The number of hydrogen-bond acceptors (Lipinski definition) is 3. The zero-order valence-electron chi connectivity index (χ0n) is 18.0. The molecule has 2 N–H and O–H groups in total. The Morgan fingerprint density at radius 2 is 1.77 bits per heavy atom. The number of rotatable bonds is 6. The molecule has 1 aromatic carbocycles. The van der Waals surface area contributed by atoms with E-state index in [-0.39, 0.29) is 18.1 Å². The van der Waals surface area contributed by atoms with Crippen LogP contribution in [0.4, 0.5) is 4.79 Å². The number of carbonyl (C=O) groups excluding carboxylic acids is 1. The minimum atomic E-state index is 0.0144. The smallest absolute Gasteiger partial charge is 0.315 e.